The number of benzene rings is 2. The molecule has 0 saturated carbocycles. The number of sulfonamides is 1. The van der Waals surface area contributed by atoms with Crippen LogP contribution in [0.2, 0.25) is 10.0 Å². The summed E-state index contributed by atoms with van der Waals surface area (Å²) in [6.07, 6.45) is 0. The molecule has 6 nitrogen and oxygen atoms in total. The van der Waals surface area contributed by atoms with Crippen molar-refractivity contribution >= 4 is 56.6 Å². The normalized spacial score (nSPS) is 15.2. The fourth-order valence-corrected chi connectivity index (χ4v) is 5.24. The van der Waals surface area contributed by atoms with E-state index in [-0.39, 0.29) is 16.6 Å². The third kappa shape index (κ3) is 6.10. The fraction of sp³-hybridized carbons (Fsp3) is 0.316. The fourth-order valence-electron chi connectivity index (χ4n) is 2.73. The number of hydrogen-bond donors (Lipinski definition) is 1. The monoisotopic (exact) mass is 474 g/mol. The van der Waals surface area contributed by atoms with E-state index < -0.39 is 10.0 Å². The summed E-state index contributed by atoms with van der Waals surface area (Å²) in [6.45, 7) is 1.48. The molecule has 29 heavy (non-hydrogen) atoms. The first-order chi connectivity index (χ1) is 13.9. The number of anilines is 1. The zero-order valence-electron chi connectivity index (χ0n) is 15.4. The van der Waals surface area contributed by atoms with E-state index in [1.807, 2.05) is 6.07 Å². The second kappa shape index (κ2) is 10.1. The third-order valence-electron chi connectivity index (χ3n) is 4.23. The molecule has 2 aromatic carbocycles. The summed E-state index contributed by atoms with van der Waals surface area (Å²) in [4.78, 5) is 12.3. The van der Waals surface area contributed by atoms with Crippen LogP contribution in [0.3, 0.4) is 0 Å². The average molecular weight is 475 g/mol. The minimum absolute atomic E-state index is 0.168. The van der Waals surface area contributed by atoms with Crippen molar-refractivity contribution in [2.75, 3.05) is 37.4 Å². The van der Waals surface area contributed by atoms with Gasteiger partial charge in [0.2, 0.25) is 15.9 Å². The predicted octanol–water partition coefficient (Wildman–Crippen LogP) is 3.89. The molecule has 0 bridgehead atoms. The van der Waals surface area contributed by atoms with Gasteiger partial charge < -0.3 is 10.1 Å². The molecule has 1 aliphatic rings. The lowest BCUT2D eigenvalue weighted by Gasteiger charge is -2.26. The van der Waals surface area contributed by atoms with Gasteiger partial charge in [0.15, 0.2) is 0 Å². The molecular weight excluding hydrogens is 455 g/mol. The van der Waals surface area contributed by atoms with Crippen LogP contribution < -0.4 is 5.32 Å². The van der Waals surface area contributed by atoms with Gasteiger partial charge in [0.1, 0.15) is 0 Å². The van der Waals surface area contributed by atoms with Gasteiger partial charge in [-0.05, 0) is 42.0 Å². The van der Waals surface area contributed by atoms with E-state index >= 15 is 0 Å². The average Bonchev–Trinajstić information content (AvgIpc) is 2.72. The highest BCUT2D eigenvalue weighted by Gasteiger charge is 2.26. The first kappa shape index (κ1) is 22.4. The highest BCUT2D eigenvalue weighted by Crippen LogP contribution is 2.25. The van der Waals surface area contributed by atoms with Crippen molar-refractivity contribution in [1.82, 2.24) is 4.31 Å². The van der Waals surface area contributed by atoms with Crippen LogP contribution in [0.4, 0.5) is 5.69 Å². The summed E-state index contributed by atoms with van der Waals surface area (Å²) >= 11 is 13.3. The summed E-state index contributed by atoms with van der Waals surface area (Å²) in [7, 11) is -3.54. The number of carbonyl (C=O) groups excluding carboxylic acids is 1. The van der Waals surface area contributed by atoms with Crippen molar-refractivity contribution in [3.63, 3.8) is 0 Å². The first-order valence-corrected chi connectivity index (χ1v) is 12.2. The lowest BCUT2D eigenvalue weighted by Crippen LogP contribution is -2.40. The third-order valence-corrected chi connectivity index (χ3v) is 7.89. The van der Waals surface area contributed by atoms with Gasteiger partial charge in [0.05, 0.1) is 33.9 Å². The maximum atomic E-state index is 12.6. The van der Waals surface area contributed by atoms with Gasteiger partial charge in [-0.15, -0.1) is 11.8 Å². The summed E-state index contributed by atoms with van der Waals surface area (Å²) in [5.41, 5.74) is 1.53. The van der Waals surface area contributed by atoms with Crippen molar-refractivity contribution in [2.45, 2.75) is 10.6 Å². The number of amides is 1. The van der Waals surface area contributed by atoms with E-state index in [0.29, 0.717) is 47.8 Å². The highest BCUT2D eigenvalue weighted by molar-refractivity contribution is 7.99. The van der Waals surface area contributed by atoms with Crippen molar-refractivity contribution in [1.29, 1.82) is 0 Å². The van der Waals surface area contributed by atoms with Gasteiger partial charge in [0, 0.05) is 24.5 Å². The minimum Gasteiger partial charge on any atom is -0.379 e. The van der Waals surface area contributed by atoms with Crippen LogP contribution in [0.15, 0.2) is 47.4 Å². The van der Waals surface area contributed by atoms with E-state index in [0.717, 1.165) is 5.56 Å². The number of morpholine rings is 1. The molecule has 156 valence electrons. The molecule has 3 rings (SSSR count). The number of ether oxygens (including phenoxy) is 1. The number of carbonyl (C=O) groups is 1. The molecule has 0 aliphatic carbocycles. The second-order valence-electron chi connectivity index (χ2n) is 6.33. The molecule has 2 aromatic rings. The molecular formula is C19H20Cl2N2O4S2. The van der Waals surface area contributed by atoms with Crippen LogP contribution in [0.25, 0.3) is 0 Å². The quantitative estimate of drug-likeness (QED) is 0.658. The Bertz CT molecular complexity index is 963. The SMILES string of the molecule is O=C(CSCc1ccc(Cl)c(Cl)c1)Nc1ccc(S(=O)(=O)N2CCOCC2)cc1. The largest absolute Gasteiger partial charge is 0.379 e. The maximum absolute atomic E-state index is 12.6. The van der Waals surface area contributed by atoms with Gasteiger partial charge >= 0.3 is 0 Å². The Morgan fingerprint density at radius 3 is 2.41 bits per heavy atom. The summed E-state index contributed by atoms with van der Waals surface area (Å²) in [5.74, 6) is 0.716. The summed E-state index contributed by atoms with van der Waals surface area (Å²) in [5, 5.41) is 3.76. The Labute approximate surface area is 184 Å². The molecule has 0 atom stereocenters. The molecule has 1 saturated heterocycles. The van der Waals surface area contributed by atoms with E-state index in [2.05, 4.69) is 5.32 Å². The molecule has 0 spiro atoms. The van der Waals surface area contributed by atoms with Gasteiger partial charge in [-0.2, -0.15) is 4.31 Å². The van der Waals surface area contributed by atoms with Crippen molar-refractivity contribution in [2.24, 2.45) is 0 Å². The molecule has 10 heteroatoms. The lowest BCUT2D eigenvalue weighted by atomic mass is 10.2. The molecule has 1 N–H and O–H groups in total. The number of nitrogens with one attached hydrogen (secondary N) is 1. The van der Waals surface area contributed by atoms with Crippen LogP contribution in [0, 0.1) is 0 Å². The highest BCUT2D eigenvalue weighted by atomic mass is 35.5. The van der Waals surface area contributed by atoms with Crippen molar-refractivity contribution < 1.29 is 17.9 Å². The Hall–Kier alpha value is -1.29. The Kier molecular flexibility index (Phi) is 7.84. The van der Waals surface area contributed by atoms with Crippen molar-refractivity contribution in [3.05, 3.63) is 58.1 Å². The van der Waals surface area contributed by atoms with Gasteiger partial charge in [-0.25, -0.2) is 8.42 Å². The zero-order chi connectivity index (χ0) is 20.9. The Balaban J connectivity index is 1.51. The summed E-state index contributed by atoms with van der Waals surface area (Å²) < 4.78 is 31.8. The van der Waals surface area contributed by atoms with Crippen LogP contribution in [0.1, 0.15) is 5.56 Å². The Morgan fingerprint density at radius 1 is 1.07 bits per heavy atom. The van der Waals surface area contributed by atoms with Crippen molar-refractivity contribution in [3.8, 4) is 0 Å². The van der Waals surface area contributed by atoms with E-state index in [1.54, 1.807) is 24.3 Å². The molecule has 0 unspecified atom stereocenters. The minimum atomic E-state index is -3.54. The predicted molar refractivity (Wildman–Crippen MR) is 117 cm³/mol. The first-order valence-electron chi connectivity index (χ1n) is 8.86. The van der Waals surface area contributed by atoms with Crippen LogP contribution in [-0.2, 0) is 25.3 Å². The zero-order valence-corrected chi connectivity index (χ0v) is 18.6. The molecule has 0 aromatic heterocycles. The number of thioether (sulfide) groups is 1. The number of rotatable bonds is 7. The van der Waals surface area contributed by atoms with E-state index in [1.165, 1.54) is 28.2 Å². The molecule has 1 heterocycles. The van der Waals surface area contributed by atoms with E-state index in [4.69, 9.17) is 27.9 Å². The Morgan fingerprint density at radius 2 is 1.76 bits per heavy atom. The molecule has 1 amide bonds. The molecule has 1 aliphatic heterocycles. The smallest absolute Gasteiger partial charge is 0.243 e. The van der Waals surface area contributed by atoms with Gasteiger partial charge in [-0.1, -0.05) is 29.3 Å². The second-order valence-corrected chi connectivity index (χ2v) is 10.1. The van der Waals surface area contributed by atoms with E-state index in [9.17, 15) is 13.2 Å². The topological polar surface area (TPSA) is 75.7 Å². The maximum Gasteiger partial charge on any atom is 0.243 e. The van der Waals surface area contributed by atoms with Gasteiger partial charge in [0.25, 0.3) is 0 Å². The number of hydrogen-bond acceptors (Lipinski definition) is 5. The summed E-state index contributed by atoms with van der Waals surface area (Å²) in [6, 6.07) is 11.6. The standard InChI is InChI=1S/C19H20Cl2N2O4S2/c20-17-6-1-14(11-18(17)21)12-28-13-19(24)22-15-2-4-16(5-3-15)29(25,26)23-7-9-27-10-8-23/h1-6,11H,7-10,12-13H2,(H,22,24). The number of nitrogens with zero attached hydrogens (tertiary/aromatic N) is 1. The molecule has 1 fully saturated rings. The lowest BCUT2D eigenvalue weighted by molar-refractivity contribution is -0.113. The van der Waals surface area contributed by atoms with Gasteiger partial charge in [-0.3, -0.25) is 4.79 Å². The van der Waals surface area contributed by atoms with Crippen LogP contribution in [0.5, 0.6) is 0 Å². The van der Waals surface area contributed by atoms with Crippen LogP contribution in [-0.4, -0.2) is 50.7 Å². The number of halogens is 2. The van der Waals surface area contributed by atoms with Crippen LogP contribution >= 0.6 is 35.0 Å². The molecule has 0 radical (unpaired) electrons.